The number of nitrogens with zero attached hydrogens (tertiary/aromatic N) is 2. The van der Waals surface area contributed by atoms with Gasteiger partial charge in [0.25, 0.3) is 0 Å². The van der Waals surface area contributed by atoms with E-state index in [1.165, 1.54) is 0 Å². The highest BCUT2D eigenvalue weighted by molar-refractivity contribution is 6.08. The van der Waals surface area contributed by atoms with E-state index in [1.807, 2.05) is 30.5 Å². The second-order valence-corrected chi connectivity index (χ2v) is 7.18. The fourth-order valence-electron chi connectivity index (χ4n) is 4.28. The van der Waals surface area contributed by atoms with E-state index in [1.54, 1.807) is 0 Å². The number of carbonyl (C=O) groups is 3. The zero-order valence-electron chi connectivity index (χ0n) is 14.9. The van der Waals surface area contributed by atoms with Crippen LogP contribution in [0.2, 0.25) is 0 Å². The second-order valence-electron chi connectivity index (χ2n) is 7.18. The monoisotopic (exact) mass is 353 g/mol. The minimum Gasteiger partial charge on any atom is -0.348 e. The summed E-state index contributed by atoms with van der Waals surface area (Å²) in [6.07, 6.45) is 5.51. The fraction of sp³-hybridized carbons (Fsp3) is 0.450. The number of carbonyl (C=O) groups excluding carboxylic acids is 3. The van der Waals surface area contributed by atoms with Gasteiger partial charge < -0.3 is 9.88 Å². The Bertz CT molecular complexity index is 862. The first-order valence-electron chi connectivity index (χ1n) is 9.32. The predicted molar refractivity (Wildman–Crippen MR) is 98.4 cm³/mol. The van der Waals surface area contributed by atoms with Gasteiger partial charge in [0, 0.05) is 29.3 Å². The van der Waals surface area contributed by atoms with Gasteiger partial charge in [-0.05, 0) is 44.0 Å². The molecule has 4 rings (SSSR count). The molecule has 0 radical (unpaired) electrons. The van der Waals surface area contributed by atoms with Crippen LogP contribution >= 0.6 is 0 Å². The van der Waals surface area contributed by atoms with Gasteiger partial charge in [-0.25, -0.2) is 0 Å². The van der Waals surface area contributed by atoms with Crippen molar-refractivity contribution in [2.45, 2.75) is 39.2 Å². The van der Waals surface area contributed by atoms with E-state index in [4.69, 9.17) is 0 Å². The molecular weight excluding hydrogens is 330 g/mol. The molecule has 136 valence electrons. The molecule has 2 aromatic rings. The van der Waals surface area contributed by atoms with Crippen LogP contribution in [0.4, 0.5) is 5.69 Å². The minimum atomic E-state index is -0.334. The normalized spacial score (nSPS) is 22.7. The first kappa shape index (κ1) is 16.8. The number of aryl methyl sites for hydroxylation is 1. The molecule has 1 aromatic heterocycles. The summed E-state index contributed by atoms with van der Waals surface area (Å²) in [4.78, 5) is 38.5. The Labute approximate surface area is 152 Å². The Hall–Kier alpha value is -2.63. The molecule has 1 saturated heterocycles. The van der Waals surface area contributed by atoms with Crippen LogP contribution in [0, 0.1) is 11.8 Å². The van der Waals surface area contributed by atoms with Crippen molar-refractivity contribution in [1.29, 1.82) is 0 Å². The molecule has 2 aliphatic rings. The highest BCUT2D eigenvalue weighted by atomic mass is 16.2. The van der Waals surface area contributed by atoms with E-state index in [9.17, 15) is 14.4 Å². The highest BCUT2D eigenvalue weighted by Gasteiger charge is 2.48. The highest BCUT2D eigenvalue weighted by Crippen LogP contribution is 2.37. The largest absolute Gasteiger partial charge is 0.348 e. The first-order valence-corrected chi connectivity index (χ1v) is 9.32. The molecule has 1 N–H and O–H groups in total. The van der Waals surface area contributed by atoms with E-state index in [0.717, 1.165) is 48.0 Å². The van der Waals surface area contributed by atoms with Crippen molar-refractivity contribution in [2.24, 2.45) is 11.8 Å². The Balaban J connectivity index is 1.45. The number of imide groups is 1. The summed E-state index contributed by atoms with van der Waals surface area (Å²) >= 11 is 0. The lowest BCUT2D eigenvalue weighted by molar-refractivity contribution is -0.142. The van der Waals surface area contributed by atoms with Crippen molar-refractivity contribution in [3.8, 4) is 0 Å². The van der Waals surface area contributed by atoms with Crippen molar-refractivity contribution in [1.82, 2.24) is 9.47 Å². The molecule has 3 amide bonds. The maximum atomic E-state index is 12.5. The third-order valence-corrected chi connectivity index (χ3v) is 5.63. The molecule has 2 atom stereocenters. The Kier molecular flexibility index (Phi) is 4.26. The van der Waals surface area contributed by atoms with Crippen LogP contribution in [0.15, 0.2) is 30.5 Å². The van der Waals surface area contributed by atoms with Crippen LogP contribution in [0.1, 0.15) is 32.6 Å². The predicted octanol–water partition coefficient (Wildman–Crippen LogP) is 2.77. The van der Waals surface area contributed by atoms with Crippen LogP contribution in [0.25, 0.3) is 10.9 Å². The van der Waals surface area contributed by atoms with Crippen LogP contribution < -0.4 is 5.32 Å². The van der Waals surface area contributed by atoms with Gasteiger partial charge in [0.05, 0.1) is 11.8 Å². The van der Waals surface area contributed by atoms with Gasteiger partial charge in [0.1, 0.15) is 6.54 Å². The Morgan fingerprint density at radius 1 is 1.12 bits per heavy atom. The van der Waals surface area contributed by atoms with Gasteiger partial charge >= 0.3 is 0 Å². The van der Waals surface area contributed by atoms with Crippen molar-refractivity contribution < 1.29 is 14.4 Å². The number of aromatic nitrogens is 1. The van der Waals surface area contributed by atoms with Crippen molar-refractivity contribution in [3.05, 3.63) is 30.5 Å². The molecule has 2 unspecified atom stereocenters. The van der Waals surface area contributed by atoms with Gasteiger partial charge in [-0.2, -0.15) is 0 Å². The number of hydrogen-bond donors (Lipinski definition) is 1. The topological polar surface area (TPSA) is 71.4 Å². The lowest BCUT2D eigenvalue weighted by Gasteiger charge is -2.19. The molecular formula is C20H23N3O3. The summed E-state index contributed by atoms with van der Waals surface area (Å²) in [7, 11) is 0. The number of benzene rings is 1. The van der Waals surface area contributed by atoms with Gasteiger partial charge in [0.15, 0.2) is 0 Å². The standard InChI is InChI=1S/C20H23N3O3/c1-2-22-10-9-13-11-14(7-8-17(13)22)21-18(24)12-23-19(25)15-5-3-4-6-16(15)20(23)26/h7-11,15-16H,2-6,12H2,1H3,(H,21,24). The molecule has 1 aliphatic heterocycles. The second kappa shape index (κ2) is 6.59. The number of anilines is 1. The number of nitrogens with one attached hydrogen (secondary N) is 1. The zero-order chi connectivity index (χ0) is 18.3. The quantitative estimate of drug-likeness (QED) is 0.859. The lowest BCUT2D eigenvalue weighted by atomic mass is 9.81. The summed E-state index contributed by atoms with van der Waals surface area (Å²) in [5, 5.41) is 3.86. The van der Waals surface area contributed by atoms with Crippen molar-refractivity contribution in [3.63, 3.8) is 0 Å². The smallest absolute Gasteiger partial charge is 0.244 e. The number of hydrogen-bond acceptors (Lipinski definition) is 3. The van der Waals surface area contributed by atoms with Crippen LogP contribution in [-0.2, 0) is 20.9 Å². The maximum Gasteiger partial charge on any atom is 0.244 e. The van der Waals surface area contributed by atoms with Crippen LogP contribution in [0.5, 0.6) is 0 Å². The molecule has 0 bridgehead atoms. The molecule has 6 nitrogen and oxygen atoms in total. The van der Waals surface area contributed by atoms with E-state index in [0.29, 0.717) is 5.69 Å². The lowest BCUT2D eigenvalue weighted by Crippen LogP contribution is -2.38. The van der Waals surface area contributed by atoms with Crippen molar-refractivity contribution >= 4 is 34.3 Å². The van der Waals surface area contributed by atoms with E-state index >= 15 is 0 Å². The summed E-state index contributed by atoms with van der Waals surface area (Å²) in [5.74, 6) is -1.11. The van der Waals surface area contributed by atoms with Gasteiger partial charge in [-0.15, -0.1) is 0 Å². The zero-order valence-corrected chi connectivity index (χ0v) is 14.9. The molecule has 6 heteroatoms. The number of likely N-dealkylation sites (tertiary alicyclic amines) is 1. The molecule has 26 heavy (non-hydrogen) atoms. The van der Waals surface area contributed by atoms with Crippen LogP contribution in [0.3, 0.4) is 0 Å². The van der Waals surface area contributed by atoms with Gasteiger partial charge in [0.2, 0.25) is 17.7 Å². The third kappa shape index (κ3) is 2.79. The summed E-state index contributed by atoms with van der Waals surface area (Å²) in [6.45, 7) is 2.77. The SMILES string of the molecule is CCn1ccc2cc(NC(=O)CN3C(=O)C4CCCCC4C3=O)ccc21. The Morgan fingerprint density at radius 2 is 1.81 bits per heavy atom. The van der Waals surface area contributed by atoms with Gasteiger partial charge in [-0.3, -0.25) is 19.3 Å². The van der Waals surface area contributed by atoms with E-state index in [-0.39, 0.29) is 36.1 Å². The first-order chi connectivity index (χ1) is 12.6. The average molecular weight is 353 g/mol. The molecule has 2 fully saturated rings. The molecule has 2 heterocycles. The maximum absolute atomic E-state index is 12.5. The molecule has 1 saturated carbocycles. The van der Waals surface area contributed by atoms with Gasteiger partial charge in [-0.1, -0.05) is 12.8 Å². The fourth-order valence-corrected chi connectivity index (χ4v) is 4.28. The number of amides is 3. The molecule has 0 spiro atoms. The number of rotatable bonds is 4. The van der Waals surface area contributed by atoms with Crippen molar-refractivity contribution in [2.75, 3.05) is 11.9 Å². The van der Waals surface area contributed by atoms with E-state index < -0.39 is 0 Å². The summed E-state index contributed by atoms with van der Waals surface area (Å²) in [6, 6.07) is 7.73. The third-order valence-electron chi connectivity index (χ3n) is 5.63. The summed E-state index contributed by atoms with van der Waals surface area (Å²) in [5.41, 5.74) is 1.78. The Morgan fingerprint density at radius 3 is 2.46 bits per heavy atom. The average Bonchev–Trinajstić information content (AvgIpc) is 3.16. The van der Waals surface area contributed by atoms with Crippen LogP contribution in [-0.4, -0.2) is 33.7 Å². The molecule has 1 aliphatic carbocycles. The minimum absolute atomic E-state index is 0.176. The van der Waals surface area contributed by atoms with E-state index in [2.05, 4.69) is 16.8 Å². The number of fused-ring (bicyclic) bond motifs is 2. The molecule has 1 aromatic carbocycles. The summed E-state index contributed by atoms with van der Waals surface area (Å²) < 4.78 is 2.13.